The third-order valence-electron chi connectivity index (χ3n) is 2.80. The van der Waals surface area contributed by atoms with Crippen LogP contribution in [0.1, 0.15) is 22.8 Å². The van der Waals surface area contributed by atoms with Crippen molar-refractivity contribution in [2.45, 2.75) is 19.4 Å². The average molecular weight is 228 g/mol. The number of aromatic nitrogens is 1. The molecule has 0 saturated carbocycles. The summed E-state index contributed by atoms with van der Waals surface area (Å²) in [5.41, 5.74) is 8.71. The molecule has 1 aromatic heterocycles. The normalized spacial score (nSPS) is 12.4. The molecule has 3 heteroatoms. The molecule has 1 heterocycles. The van der Waals surface area contributed by atoms with Crippen LogP contribution in [-0.2, 0) is 6.42 Å². The summed E-state index contributed by atoms with van der Waals surface area (Å²) < 4.78 is 0. The Bertz CT molecular complexity index is 494. The average Bonchev–Trinajstić information content (AvgIpc) is 2.33. The number of hydrogen-bond donors (Lipinski definition) is 2. The van der Waals surface area contributed by atoms with Crippen LogP contribution < -0.4 is 5.73 Å². The van der Waals surface area contributed by atoms with Gasteiger partial charge in [-0.05, 0) is 24.1 Å². The van der Waals surface area contributed by atoms with Crippen molar-refractivity contribution in [1.82, 2.24) is 4.98 Å². The van der Waals surface area contributed by atoms with Gasteiger partial charge in [-0.25, -0.2) is 4.98 Å². The molecule has 0 aliphatic heterocycles. The molecule has 17 heavy (non-hydrogen) atoms. The van der Waals surface area contributed by atoms with Crippen molar-refractivity contribution in [2.24, 2.45) is 0 Å². The number of benzene rings is 1. The van der Waals surface area contributed by atoms with Gasteiger partial charge in [0.25, 0.3) is 0 Å². The van der Waals surface area contributed by atoms with Crippen molar-refractivity contribution >= 4 is 5.82 Å². The number of nitrogen functional groups attached to an aromatic ring is 1. The minimum absolute atomic E-state index is 0.485. The van der Waals surface area contributed by atoms with E-state index in [0.717, 1.165) is 11.1 Å². The van der Waals surface area contributed by atoms with Gasteiger partial charge < -0.3 is 10.8 Å². The standard InChI is InChI=1S/C14H16N2O/c1-10-4-6-11(7-5-10)13(17)9-12-3-2-8-16-14(12)15/h2-8,13,17H,9H2,1H3,(H2,15,16). The Balaban J connectivity index is 2.14. The van der Waals surface area contributed by atoms with Crippen molar-refractivity contribution in [2.75, 3.05) is 5.73 Å². The van der Waals surface area contributed by atoms with E-state index in [-0.39, 0.29) is 0 Å². The first kappa shape index (κ1) is 11.6. The molecule has 0 amide bonds. The van der Waals surface area contributed by atoms with Crippen LogP contribution in [-0.4, -0.2) is 10.1 Å². The number of hydrogen-bond acceptors (Lipinski definition) is 3. The van der Waals surface area contributed by atoms with Gasteiger partial charge in [0.15, 0.2) is 0 Å². The molecule has 0 aliphatic rings. The quantitative estimate of drug-likeness (QED) is 0.847. The maximum Gasteiger partial charge on any atom is 0.126 e. The number of rotatable bonds is 3. The molecule has 0 saturated heterocycles. The minimum atomic E-state index is -0.540. The van der Waals surface area contributed by atoms with E-state index in [1.165, 1.54) is 5.56 Å². The molecule has 3 nitrogen and oxygen atoms in total. The van der Waals surface area contributed by atoms with E-state index in [0.29, 0.717) is 12.2 Å². The molecule has 0 fully saturated rings. The van der Waals surface area contributed by atoms with Crippen molar-refractivity contribution in [3.63, 3.8) is 0 Å². The Labute approximate surface area is 101 Å². The largest absolute Gasteiger partial charge is 0.388 e. The molecular weight excluding hydrogens is 212 g/mol. The minimum Gasteiger partial charge on any atom is -0.388 e. The van der Waals surface area contributed by atoms with Gasteiger partial charge in [0.1, 0.15) is 5.82 Å². The maximum absolute atomic E-state index is 10.1. The van der Waals surface area contributed by atoms with Gasteiger partial charge in [0.2, 0.25) is 0 Å². The number of anilines is 1. The van der Waals surface area contributed by atoms with Crippen LogP contribution in [0.15, 0.2) is 42.6 Å². The van der Waals surface area contributed by atoms with Crippen LogP contribution in [0.25, 0.3) is 0 Å². The lowest BCUT2D eigenvalue weighted by Crippen LogP contribution is -2.05. The fraction of sp³-hybridized carbons (Fsp3) is 0.214. The van der Waals surface area contributed by atoms with Gasteiger partial charge in [-0.2, -0.15) is 0 Å². The van der Waals surface area contributed by atoms with E-state index in [4.69, 9.17) is 5.73 Å². The van der Waals surface area contributed by atoms with Gasteiger partial charge in [-0.3, -0.25) is 0 Å². The fourth-order valence-electron chi connectivity index (χ4n) is 1.74. The van der Waals surface area contributed by atoms with Crippen LogP contribution in [0, 0.1) is 6.92 Å². The number of nitrogens with zero attached hydrogens (tertiary/aromatic N) is 1. The summed E-state index contributed by atoms with van der Waals surface area (Å²) in [6.45, 7) is 2.02. The predicted molar refractivity (Wildman–Crippen MR) is 68.5 cm³/mol. The monoisotopic (exact) mass is 228 g/mol. The lowest BCUT2D eigenvalue weighted by molar-refractivity contribution is 0.178. The highest BCUT2D eigenvalue weighted by atomic mass is 16.3. The Kier molecular flexibility index (Phi) is 3.40. The van der Waals surface area contributed by atoms with Gasteiger partial charge in [-0.1, -0.05) is 35.9 Å². The number of pyridine rings is 1. The number of aryl methyl sites for hydroxylation is 1. The molecule has 2 aromatic rings. The molecule has 0 radical (unpaired) electrons. The van der Waals surface area contributed by atoms with Crippen LogP contribution >= 0.6 is 0 Å². The summed E-state index contributed by atoms with van der Waals surface area (Å²) in [4.78, 5) is 4.01. The van der Waals surface area contributed by atoms with E-state index in [9.17, 15) is 5.11 Å². The van der Waals surface area contributed by atoms with E-state index < -0.39 is 6.10 Å². The fourth-order valence-corrected chi connectivity index (χ4v) is 1.74. The van der Waals surface area contributed by atoms with E-state index >= 15 is 0 Å². The topological polar surface area (TPSA) is 59.1 Å². The number of aliphatic hydroxyl groups excluding tert-OH is 1. The zero-order valence-corrected chi connectivity index (χ0v) is 9.80. The van der Waals surface area contributed by atoms with Crippen LogP contribution in [0.4, 0.5) is 5.82 Å². The Hall–Kier alpha value is -1.87. The summed E-state index contributed by atoms with van der Waals surface area (Å²) in [5.74, 6) is 0.485. The summed E-state index contributed by atoms with van der Waals surface area (Å²) in [5, 5.41) is 10.1. The van der Waals surface area contributed by atoms with Crippen LogP contribution in [0.3, 0.4) is 0 Å². The lowest BCUT2D eigenvalue weighted by Gasteiger charge is -2.12. The molecule has 0 bridgehead atoms. The first-order valence-corrected chi connectivity index (χ1v) is 5.61. The lowest BCUT2D eigenvalue weighted by atomic mass is 10.0. The van der Waals surface area contributed by atoms with E-state index in [1.807, 2.05) is 43.3 Å². The Morgan fingerprint density at radius 2 is 1.94 bits per heavy atom. The second kappa shape index (κ2) is 4.97. The third-order valence-corrected chi connectivity index (χ3v) is 2.80. The third kappa shape index (κ3) is 2.82. The number of aliphatic hydroxyl groups is 1. The van der Waals surface area contributed by atoms with Gasteiger partial charge in [0.05, 0.1) is 6.10 Å². The Morgan fingerprint density at radius 3 is 2.59 bits per heavy atom. The van der Waals surface area contributed by atoms with Crippen LogP contribution in [0.2, 0.25) is 0 Å². The maximum atomic E-state index is 10.1. The highest BCUT2D eigenvalue weighted by molar-refractivity contribution is 5.39. The molecule has 88 valence electrons. The SMILES string of the molecule is Cc1ccc(C(O)Cc2cccnc2N)cc1. The summed E-state index contributed by atoms with van der Waals surface area (Å²) >= 11 is 0. The highest BCUT2D eigenvalue weighted by Crippen LogP contribution is 2.20. The molecular formula is C14H16N2O. The first-order valence-electron chi connectivity index (χ1n) is 5.61. The smallest absolute Gasteiger partial charge is 0.126 e. The highest BCUT2D eigenvalue weighted by Gasteiger charge is 2.10. The number of nitrogens with two attached hydrogens (primary N) is 1. The Morgan fingerprint density at radius 1 is 1.24 bits per heavy atom. The van der Waals surface area contributed by atoms with Gasteiger partial charge in [-0.15, -0.1) is 0 Å². The zero-order valence-electron chi connectivity index (χ0n) is 9.80. The second-order valence-corrected chi connectivity index (χ2v) is 4.18. The van der Waals surface area contributed by atoms with Crippen LogP contribution in [0.5, 0.6) is 0 Å². The molecule has 1 atom stereocenters. The molecule has 0 spiro atoms. The van der Waals surface area contributed by atoms with Gasteiger partial charge >= 0.3 is 0 Å². The first-order chi connectivity index (χ1) is 8.16. The summed E-state index contributed by atoms with van der Waals surface area (Å²) in [6.07, 6.45) is 1.60. The van der Waals surface area contributed by atoms with Crippen molar-refractivity contribution in [3.05, 3.63) is 59.3 Å². The molecule has 3 N–H and O–H groups in total. The summed E-state index contributed by atoms with van der Waals surface area (Å²) in [6, 6.07) is 11.6. The van der Waals surface area contributed by atoms with Crippen molar-refractivity contribution < 1.29 is 5.11 Å². The zero-order chi connectivity index (χ0) is 12.3. The van der Waals surface area contributed by atoms with Gasteiger partial charge in [0, 0.05) is 12.6 Å². The second-order valence-electron chi connectivity index (χ2n) is 4.18. The molecule has 1 unspecified atom stereocenters. The summed E-state index contributed by atoms with van der Waals surface area (Å²) in [7, 11) is 0. The van der Waals surface area contributed by atoms with Crippen molar-refractivity contribution in [1.29, 1.82) is 0 Å². The molecule has 2 rings (SSSR count). The molecule has 1 aromatic carbocycles. The van der Waals surface area contributed by atoms with Crippen molar-refractivity contribution in [3.8, 4) is 0 Å². The predicted octanol–water partition coefficient (Wildman–Crippen LogP) is 2.25. The van der Waals surface area contributed by atoms with E-state index in [1.54, 1.807) is 6.20 Å². The molecule has 0 aliphatic carbocycles. The van der Waals surface area contributed by atoms with E-state index in [2.05, 4.69) is 4.98 Å².